The van der Waals surface area contributed by atoms with Gasteiger partial charge in [0.25, 0.3) is 5.91 Å². The van der Waals surface area contributed by atoms with E-state index in [2.05, 4.69) is 46.6 Å². The van der Waals surface area contributed by atoms with E-state index in [-0.39, 0.29) is 11.9 Å². The lowest BCUT2D eigenvalue weighted by atomic mass is 10.0. The molecule has 1 unspecified atom stereocenters. The van der Waals surface area contributed by atoms with Crippen molar-refractivity contribution in [1.82, 2.24) is 15.3 Å². The van der Waals surface area contributed by atoms with E-state index in [9.17, 15) is 4.79 Å². The molecule has 138 valence electrons. The largest absolute Gasteiger partial charge is 0.344 e. The molecule has 0 spiro atoms. The summed E-state index contributed by atoms with van der Waals surface area (Å²) in [6.45, 7) is 6.26. The lowest BCUT2D eigenvalue weighted by molar-refractivity contribution is 0.0935. The maximum atomic E-state index is 12.5. The second-order valence-electron chi connectivity index (χ2n) is 6.77. The summed E-state index contributed by atoms with van der Waals surface area (Å²) in [5, 5.41) is 6.11. The number of aromatic nitrogens is 2. The second kappa shape index (κ2) is 8.45. The third-order valence-corrected chi connectivity index (χ3v) is 4.37. The van der Waals surface area contributed by atoms with Gasteiger partial charge in [-0.3, -0.25) is 4.79 Å². The Kier molecular flexibility index (Phi) is 5.81. The van der Waals surface area contributed by atoms with Crippen molar-refractivity contribution >= 4 is 17.5 Å². The zero-order chi connectivity index (χ0) is 19.2. The van der Waals surface area contributed by atoms with Gasteiger partial charge in [-0.05, 0) is 42.2 Å². The molecule has 2 aromatic carbocycles. The molecule has 0 saturated heterocycles. The quantitative estimate of drug-likeness (QED) is 0.660. The van der Waals surface area contributed by atoms with Crippen molar-refractivity contribution < 1.29 is 4.79 Å². The van der Waals surface area contributed by atoms with E-state index >= 15 is 0 Å². The van der Waals surface area contributed by atoms with Gasteiger partial charge in [0.1, 0.15) is 5.69 Å². The predicted molar refractivity (Wildman–Crippen MR) is 108 cm³/mol. The van der Waals surface area contributed by atoms with Crippen LogP contribution in [0.1, 0.15) is 54.3 Å². The van der Waals surface area contributed by atoms with Gasteiger partial charge >= 0.3 is 0 Å². The topological polar surface area (TPSA) is 66.9 Å². The molecule has 0 aliphatic rings. The molecule has 5 nitrogen and oxygen atoms in total. The molecule has 27 heavy (non-hydrogen) atoms. The number of amides is 1. The Balaban J connectivity index is 1.68. The number of benzene rings is 2. The van der Waals surface area contributed by atoms with Crippen molar-refractivity contribution in [3.8, 4) is 0 Å². The van der Waals surface area contributed by atoms with Gasteiger partial charge < -0.3 is 10.6 Å². The number of anilines is 2. The number of hydrogen-bond acceptors (Lipinski definition) is 4. The van der Waals surface area contributed by atoms with Crippen LogP contribution in [0.4, 0.5) is 11.6 Å². The van der Waals surface area contributed by atoms with Crippen LogP contribution < -0.4 is 10.6 Å². The predicted octanol–water partition coefficient (Wildman–Crippen LogP) is 4.83. The molecule has 0 aliphatic carbocycles. The fourth-order valence-corrected chi connectivity index (χ4v) is 2.72. The van der Waals surface area contributed by atoms with E-state index < -0.39 is 0 Å². The molecular weight excluding hydrogens is 336 g/mol. The fourth-order valence-electron chi connectivity index (χ4n) is 2.72. The Morgan fingerprint density at radius 1 is 0.889 bits per heavy atom. The number of rotatable bonds is 6. The van der Waals surface area contributed by atoms with Crippen molar-refractivity contribution in [2.45, 2.75) is 32.7 Å². The van der Waals surface area contributed by atoms with Crippen LogP contribution in [0.2, 0.25) is 0 Å². The summed E-state index contributed by atoms with van der Waals surface area (Å²) < 4.78 is 0. The summed E-state index contributed by atoms with van der Waals surface area (Å²) in [7, 11) is 0. The Hall–Kier alpha value is -3.21. The van der Waals surface area contributed by atoms with E-state index in [4.69, 9.17) is 0 Å². The summed E-state index contributed by atoms with van der Waals surface area (Å²) in [5.41, 5.74) is 3.52. The second-order valence-corrected chi connectivity index (χ2v) is 6.77. The first-order valence-corrected chi connectivity index (χ1v) is 9.09. The van der Waals surface area contributed by atoms with E-state index in [0.717, 1.165) is 11.3 Å². The zero-order valence-corrected chi connectivity index (χ0v) is 15.8. The average Bonchev–Trinajstić information content (AvgIpc) is 2.69. The van der Waals surface area contributed by atoms with Crippen LogP contribution in [0, 0.1) is 0 Å². The molecule has 2 N–H and O–H groups in total. The van der Waals surface area contributed by atoms with Crippen LogP contribution in [-0.4, -0.2) is 15.9 Å². The van der Waals surface area contributed by atoms with Crippen molar-refractivity contribution in [3.63, 3.8) is 0 Å². The van der Waals surface area contributed by atoms with Gasteiger partial charge in [-0.2, -0.15) is 0 Å². The van der Waals surface area contributed by atoms with Gasteiger partial charge in [-0.1, -0.05) is 56.3 Å². The van der Waals surface area contributed by atoms with Crippen molar-refractivity contribution in [2.24, 2.45) is 0 Å². The highest BCUT2D eigenvalue weighted by atomic mass is 16.1. The van der Waals surface area contributed by atoms with Gasteiger partial charge in [0.15, 0.2) is 0 Å². The molecule has 0 radical (unpaired) electrons. The van der Waals surface area contributed by atoms with Crippen LogP contribution in [0.3, 0.4) is 0 Å². The monoisotopic (exact) mass is 360 g/mol. The molecule has 1 heterocycles. The highest BCUT2D eigenvalue weighted by Gasteiger charge is 2.13. The molecule has 0 aliphatic heterocycles. The van der Waals surface area contributed by atoms with Crippen LogP contribution in [-0.2, 0) is 0 Å². The van der Waals surface area contributed by atoms with Gasteiger partial charge in [0.2, 0.25) is 5.95 Å². The van der Waals surface area contributed by atoms with Gasteiger partial charge in [0.05, 0.1) is 6.04 Å². The summed E-state index contributed by atoms with van der Waals surface area (Å²) in [4.78, 5) is 21.1. The van der Waals surface area contributed by atoms with E-state index in [0.29, 0.717) is 17.6 Å². The minimum absolute atomic E-state index is 0.103. The molecule has 3 aromatic rings. The summed E-state index contributed by atoms with van der Waals surface area (Å²) >= 11 is 0. The van der Waals surface area contributed by atoms with Crippen molar-refractivity contribution in [3.05, 3.63) is 83.7 Å². The first kappa shape index (κ1) is 18.6. The van der Waals surface area contributed by atoms with E-state index in [1.54, 1.807) is 12.3 Å². The smallest absolute Gasteiger partial charge is 0.270 e. The van der Waals surface area contributed by atoms with Gasteiger partial charge in [-0.15, -0.1) is 0 Å². The molecule has 1 amide bonds. The molecule has 1 aromatic heterocycles. The summed E-state index contributed by atoms with van der Waals surface area (Å²) in [6.07, 6.45) is 1.58. The maximum absolute atomic E-state index is 12.5. The van der Waals surface area contributed by atoms with Crippen LogP contribution in [0.15, 0.2) is 66.9 Å². The summed E-state index contributed by atoms with van der Waals surface area (Å²) in [5.74, 6) is 0.646. The Morgan fingerprint density at radius 2 is 1.59 bits per heavy atom. The number of nitrogens with one attached hydrogen (secondary N) is 2. The molecular formula is C22H24N4O. The lowest BCUT2D eigenvalue weighted by Gasteiger charge is -2.14. The normalized spacial score (nSPS) is 11.9. The SMILES string of the molecule is CC(C)c1ccc(Nc2nccc(C(=O)NC(C)c3ccccc3)n2)cc1. The average molecular weight is 360 g/mol. The molecule has 0 fully saturated rings. The third-order valence-electron chi connectivity index (χ3n) is 4.37. The van der Waals surface area contributed by atoms with Crippen LogP contribution in [0.5, 0.6) is 0 Å². The van der Waals surface area contributed by atoms with E-state index in [1.807, 2.05) is 49.4 Å². The highest BCUT2D eigenvalue weighted by molar-refractivity contribution is 5.92. The first-order valence-electron chi connectivity index (χ1n) is 9.09. The third kappa shape index (κ3) is 4.91. The standard InChI is InChI=1S/C22H24N4O/c1-15(2)17-9-11-19(12-10-17)25-22-23-14-13-20(26-22)21(27)24-16(3)18-7-5-4-6-8-18/h4-16H,1-3H3,(H,24,27)(H,23,25,26). The van der Waals surface area contributed by atoms with Crippen LogP contribution >= 0.6 is 0 Å². The summed E-state index contributed by atoms with van der Waals surface area (Å²) in [6, 6.07) is 19.5. The minimum atomic E-state index is -0.230. The van der Waals surface area contributed by atoms with Crippen LogP contribution in [0.25, 0.3) is 0 Å². The molecule has 0 bridgehead atoms. The number of hydrogen-bond donors (Lipinski definition) is 2. The van der Waals surface area contributed by atoms with E-state index in [1.165, 1.54) is 5.56 Å². The molecule has 5 heteroatoms. The first-order chi connectivity index (χ1) is 13.0. The maximum Gasteiger partial charge on any atom is 0.270 e. The van der Waals surface area contributed by atoms with Crippen molar-refractivity contribution in [2.75, 3.05) is 5.32 Å². The Morgan fingerprint density at radius 3 is 2.26 bits per heavy atom. The Bertz CT molecular complexity index is 892. The Labute approximate surface area is 159 Å². The fraction of sp³-hybridized carbons (Fsp3) is 0.227. The molecule has 1 atom stereocenters. The highest BCUT2D eigenvalue weighted by Crippen LogP contribution is 2.19. The van der Waals surface area contributed by atoms with Crippen molar-refractivity contribution in [1.29, 1.82) is 0 Å². The zero-order valence-electron chi connectivity index (χ0n) is 15.8. The number of carbonyl (C=O) groups is 1. The minimum Gasteiger partial charge on any atom is -0.344 e. The molecule has 3 rings (SSSR count). The van der Waals surface area contributed by atoms with Gasteiger partial charge in [-0.25, -0.2) is 9.97 Å². The van der Waals surface area contributed by atoms with Gasteiger partial charge in [0, 0.05) is 11.9 Å². The lowest BCUT2D eigenvalue weighted by Crippen LogP contribution is -2.27. The molecule has 0 saturated carbocycles. The number of carbonyl (C=O) groups excluding carboxylic acids is 1. The number of nitrogens with zero attached hydrogens (tertiary/aromatic N) is 2.